The van der Waals surface area contributed by atoms with Gasteiger partial charge in [0.2, 0.25) is 11.8 Å². The minimum Gasteiger partial charge on any atom is -0.440 e. The molecular formula is C18H21N3O3. The van der Waals surface area contributed by atoms with Gasteiger partial charge >= 0.3 is 0 Å². The maximum absolute atomic E-state index is 12.3. The van der Waals surface area contributed by atoms with Crippen molar-refractivity contribution in [1.29, 1.82) is 0 Å². The van der Waals surface area contributed by atoms with E-state index in [-0.39, 0.29) is 23.8 Å². The first-order chi connectivity index (χ1) is 11.7. The molecule has 2 aliphatic rings. The summed E-state index contributed by atoms with van der Waals surface area (Å²) in [6.07, 6.45) is 2.12. The topological polar surface area (TPSA) is 66.7 Å². The molecule has 1 aromatic heterocycles. The molecule has 1 aromatic carbocycles. The summed E-state index contributed by atoms with van der Waals surface area (Å²) in [6.45, 7) is 3.90. The van der Waals surface area contributed by atoms with E-state index in [1.54, 1.807) is 0 Å². The fourth-order valence-electron chi connectivity index (χ4n) is 3.81. The van der Waals surface area contributed by atoms with Crippen LogP contribution in [-0.4, -0.2) is 52.3 Å². The van der Waals surface area contributed by atoms with Crippen LogP contribution in [0.2, 0.25) is 0 Å². The first-order valence-electron chi connectivity index (χ1n) is 8.61. The second kappa shape index (κ2) is 6.02. The lowest BCUT2D eigenvalue weighted by Crippen LogP contribution is -2.45. The van der Waals surface area contributed by atoms with Crippen LogP contribution in [0.5, 0.6) is 0 Å². The van der Waals surface area contributed by atoms with Crippen LogP contribution in [0.1, 0.15) is 38.0 Å². The van der Waals surface area contributed by atoms with E-state index in [4.69, 9.17) is 4.42 Å². The molecule has 126 valence electrons. The van der Waals surface area contributed by atoms with Gasteiger partial charge in [0.05, 0.1) is 12.5 Å². The van der Waals surface area contributed by atoms with Crippen molar-refractivity contribution in [3.05, 3.63) is 30.2 Å². The average molecular weight is 327 g/mol. The zero-order chi connectivity index (χ0) is 16.7. The molecule has 4 rings (SSSR count). The monoisotopic (exact) mass is 327 g/mol. The standard InChI is InChI=1S/C18H21N3O3/c1-2-21-16(22)11-14(18(21)23)20-9-7-12(8-10-20)17-19-13-5-3-4-6-15(13)24-17/h3-6,12,14H,2,7-11H2,1H3. The molecule has 3 heterocycles. The quantitative estimate of drug-likeness (QED) is 0.808. The van der Waals surface area contributed by atoms with Crippen LogP contribution in [0.15, 0.2) is 28.7 Å². The highest BCUT2D eigenvalue weighted by molar-refractivity contribution is 6.05. The second-order valence-corrected chi connectivity index (χ2v) is 6.53. The lowest BCUT2D eigenvalue weighted by atomic mass is 9.95. The van der Waals surface area contributed by atoms with Crippen LogP contribution in [0.3, 0.4) is 0 Å². The summed E-state index contributed by atoms with van der Waals surface area (Å²) < 4.78 is 5.88. The van der Waals surface area contributed by atoms with Gasteiger partial charge in [0.1, 0.15) is 5.52 Å². The predicted molar refractivity (Wildman–Crippen MR) is 88.4 cm³/mol. The molecular weight excluding hydrogens is 306 g/mol. The van der Waals surface area contributed by atoms with Crippen molar-refractivity contribution in [2.24, 2.45) is 0 Å². The maximum atomic E-state index is 12.3. The number of likely N-dealkylation sites (N-methyl/N-ethyl adjacent to an activating group) is 1. The number of benzene rings is 1. The SMILES string of the molecule is CCN1C(=O)CC(N2CCC(c3nc4ccccc4o3)CC2)C1=O. The molecule has 24 heavy (non-hydrogen) atoms. The van der Waals surface area contributed by atoms with E-state index in [0.29, 0.717) is 13.0 Å². The van der Waals surface area contributed by atoms with E-state index in [1.807, 2.05) is 31.2 Å². The number of fused-ring (bicyclic) bond motifs is 1. The minimum atomic E-state index is -0.276. The van der Waals surface area contributed by atoms with Gasteiger partial charge in [-0.25, -0.2) is 4.98 Å². The number of imide groups is 1. The van der Waals surface area contributed by atoms with E-state index >= 15 is 0 Å². The van der Waals surface area contributed by atoms with Gasteiger partial charge in [-0.1, -0.05) is 12.1 Å². The van der Waals surface area contributed by atoms with Crippen molar-refractivity contribution in [2.75, 3.05) is 19.6 Å². The van der Waals surface area contributed by atoms with Crippen LogP contribution < -0.4 is 0 Å². The molecule has 0 bridgehead atoms. The number of aromatic nitrogens is 1. The number of nitrogens with zero attached hydrogens (tertiary/aromatic N) is 3. The van der Waals surface area contributed by atoms with Crippen molar-refractivity contribution in [1.82, 2.24) is 14.8 Å². The Kier molecular flexibility index (Phi) is 3.84. The van der Waals surface area contributed by atoms with Gasteiger partial charge < -0.3 is 4.42 Å². The van der Waals surface area contributed by atoms with Gasteiger partial charge in [0.15, 0.2) is 11.5 Å². The third-order valence-electron chi connectivity index (χ3n) is 5.17. The van der Waals surface area contributed by atoms with Crippen LogP contribution in [0.4, 0.5) is 0 Å². The fraction of sp³-hybridized carbons (Fsp3) is 0.500. The number of piperidine rings is 1. The second-order valence-electron chi connectivity index (χ2n) is 6.53. The van der Waals surface area contributed by atoms with Crippen molar-refractivity contribution >= 4 is 22.9 Å². The zero-order valence-corrected chi connectivity index (χ0v) is 13.8. The Hall–Kier alpha value is -2.21. The number of hydrogen-bond acceptors (Lipinski definition) is 5. The predicted octanol–water partition coefficient (Wildman–Crippen LogP) is 2.15. The van der Waals surface area contributed by atoms with Gasteiger partial charge in [-0.05, 0) is 45.0 Å². The van der Waals surface area contributed by atoms with Gasteiger partial charge in [-0.3, -0.25) is 19.4 Å². The number of rotatable bonds is 3. The molecule has 0 radical (unpaired) electrons. The molecule has 1 atom stereocenters. The third-order valence-corrected chi connectivity index (χ3v) is 5.17. The molecule has 6 heteroatoms. The molecule has 2 aliphatic heterocycles. The van der Waals surface area contributed by atoms with E-state index in [2.05, 4.69) is 9.88 Å². The van der Waals surface area contributed by atoms with Gasteiger partial charge in [-0.2, -0.15) is 0 Å². The van der Waals surface area contributed by atoms with Gasteiger partial charge in [0.25, 0.3) is 0 Å². The Bertz CT molecular complexity index is 744. The number of hydrogen-bond donors (Lipinski definition) is 0. The molecule has 0 aliphatic carbocycles. The summed E-state index contributed by atoms with van der Waals surface area (Å²) in [5.41, 5.74) is 1.72. The highest BCUT2D eigenvalue weighted by Gasteiger charge is 2.42. The van der Waals surface area contributed by atoms with Crippen LogP contribution in [0.25, 0.3) is 11.1 Å². The van der Waals surface area contributed by atoms with E-state index in [1.165, 1.54) is 4.90 Å². The Balaban J connectivity index is 1.43. The largest absolute Gasteiger partial charge is 0.440 e. The highest BCUT2D eigenvalue weighted by Crippen LogP contribution is 2.32. The number of oxazole rings is 1. The van der Waals surface area contributed by atoms with Crippen molar-refractivity contribution in [3.63, 3.8) is 0 Å². The summed E-state index contributed by atoms with van der Waals surface area (Å²) in [5.74, 6) is 0.986. The summed E-state index contributed by atoms with van der Waals surface area (Å²) in [4.78, 5) is 32.4. The summed E-state index contributed by atoms with van der Waals surface area (Å²) in [5, 5.41) is 0. The Morgan fingerprint density at radius 3 is 2.62 bits per heavy atom. The Labute approximate surface area is 140 Å². The minimum absolute atomic E-state index is 0.0391. The number of amides is 2. The molecule has 0 spiro atoms. The smallest absolute Gasteiger partial charge is 0.247 e. The highest BCUT2D eigenvalue weighted by atomic mass is 16.3. The molecule has 2 saturated heterocycles. The lowest BCUT2D eigenvalue weighted by Gasteiger charge is -2.33. The van der Waals surface area contributed by atoms with Crippen LogP contribution >= 0.6 is 0 Å². The van der Waals surface area contributed by atoms with Gasteiger partial charge in [0, 0.05) is 12.5 Å². The molecule has 2 fully saturated rings. The number of likely N-dealkylation sites (tertiary alicyclic amines) is 2. The molecule has 2 aromatic rings. The van der Waals surface area contributed by atoms with Crippen molar-refractivity contribution in [2.45, 2.75) is 38.1 Å². The molecule has 2 amide bonds. The first kappa shape index (κ1) is 15.3. The van der Waals surface area contributed by atoms with Crippen LogP contribution in [0, 0.1) is 0 Å². The van der Waals surface area contributed by atoms with Crippen molar-refractivity contribution < 1.29 is 14.0 Å². The Morgan fingerprint density at radius 2 is 1.96 bits per heavy atom. The van der Waals surface area contributed by atoms with Crippen LogP contribution in [-0.2, 0) is 9.59 Å². The maximum Gasteiger partial charge on any atom is 0.247 e. The number of carbonyl (C=O) groups is 2. The summed E-state index contributed by atoms with van der Waals surface area (Å²) in [7, 11) is 0. The zero-order valence-electron chi connectivity index (χ0n) is 13.8. The van der Waals surface area contributed by atoms with E-state index < -0.39 is 0 Å². The fourth-order valence-corrected chi connectivity index (χ4v) is 3.81. The van der Waals surface area contributed by atoms with E-state index in [9.17, 15) is 9.59 Å². The third kappa shape index (κ3) is 2.51. The molecule has 0 N–H and O–H groups in total. The summed E-state index contributed by atoms with van der Waals surface area (Å²) >= 11 is 0. The van der Waals surface area contributed by atoms with Gasteiger partial charge in [-0.15, -0.1) is 0 Å². The van der Waals surface area contributed by atoms with E-state index in [0.717, 1.165) is 42.9 Å². The molecule has 6 nitrogen and oxygen atoms in total. The molecule has 1 unspecified atom stereocenters. The number of para-hydroxylation sites is 2. The average Bonchev–Trinajstić information content (AvgIpc) is 3.16. The summed E-state index contributed by atoms with van der Waals surface area (Å²) in [6, 6.07) is 7.52. The Morgan fingerprint density at radius 1 is 1.21 bits per heavy atom. The normalized spacial score (nSPS) is 23.5. The molecule has 0 saturated carbocycles. The first-order valence-corrected chi connectivity index (χ1v) is 8.61. The van der Waals surface area contributed by atoms with Crippen molar-refractivity contribution in [3.8, 4) is 0 Å². The number of carbonyl (C=O) groups excluding carboxylic acids is 2. The lowest BCUT2D eigenvalue weighted by molar-refractivity contribution is -0.139.